The fourth-order valence-corrected chi connectivity index (χ4v) is 2.55. The van der Waals surface area contributed by atoms with Gasteiger partial charge in [0.15, 0.2) is 11.6 Å². The predicted octanol–water partition coefficient (Wildman–Crippen LogP) is 2.59. The first-order chi connectivity index (χ1) is 11.7. The van der Waals surface area contributed by atoms with Gasteiger partial charge in [-0.1, -0.05) is 11.6 Å². The number of benzene rings is 1. The van der Waals surface area contributed by atoms with E-state index in [0.29, 0.717) is 48.7 Å². The van der Waals surface area contributed by atoms with Crippen LogP contribution in [0, 0.1) is 11.3 Å². The molecule has 2 heterocycles. The third-order valence-electron chi connectivity index (χ3n) is 3.57. The lowest BCUT2D eigenvalue weighted by Gasteiger charge is -2.29. The normalized spacial score (nSPS) is 14.1. The Kier molecular flexibility index (Phi) is 4.99. The van der Waals surface area contributed by atoms with Crippen LogP contribution in [0.5, 0.6) is 5.75 Å². The summed E-state index contributed by atoms with van der Waals surface area (Å²) in [6.45, 7) is 2.57. The van der Waals surface area contributed by atoms with Gasteiger partial charge in [0.25, 0.3) is 0 Å². The fourth-order valence-electron chi connectivity index (χ4n) is 2.42. The van der Waals surface area contributed by atoms with E-state index >= 15 is 0 Å². The molecular weight excluding hydrogens is 330 g/mol. The van der Waals surface area contributed by atoms with E-state index in [1.807, 2.05) is 23.1 Å². The number of aromatic nitrogens is 2. The standard InChI is InChI=1S/C16H16ClN5O2/c1-23-14-15(19-12-4-2-11(17)3-5-12)20-13(10-18)21-16(14)22-6-8-24-9-7-22/h2-5H,6-9H2,1H3,(H,19,20,21). The molecule has 0 spiro atoms. The number of nitrogens with zero attached hydrogens (tertiary/aromatic N) is 4. The zero-order chi connectivity index (χ0) is 16.9. The van der Waals surface area contributed by atoms with Crippen molar-refractivity contribution < 1.29 is 9.47 Å². The third-order valence-corrected chi connectivity index (χ3v) is 3.82. The first-order valence-corrected chi connectivity index (χ1v) is 7.80. The zero-order valence-electron chi connectivity index (χ0n) is 13.1. The number of anilines is 3. The number of methoxy groups -OCH3 is 1. The number of rotatable bonds is 4. The summed E-state index contributed by atoms with van der Waals surface area (Å²) in [4.78, 5) is 10.6. The molecule has 0 bridgehead atoms. The smallest absolute Gasteiger partial charge is 0.236 e. The predicted molar refractivity (Wildman–Crippen MR) is 91.1 cm³/mol. The van der Waals surface area contributed by atoms with Gasteiger partial charge < -0.3 is 19.7 Å². The lowest BCUT2D eigenvalue weighted by atomic mass is 10.3. The van der Waals surface area contributed by atoms with Gasteiger partial charge >= 0.3 is 0 Å². The van der Waals surface area contributed by atoms with Gasteiger partial charge in [0.05, 0.1) is 20.3 Å². The van der Waals surface area contributed by atoms with Crippen molar-refractivity contribution >= 4 is 28.9 Å². The molecule has 0 unspecified atom stereocenters. The first kappa shape index (κ1) is 16.3. The van der Waals surface area contributed by atoms with Gasteiger partial charge in [-0.2, -0.15) is 15.2 Å². The molecule has 1 saturated heterocycles. The van der Waals surface area contributed by atoms with Gasteiger partial charge in [-0.3, -0.25) is 0 Å². The molecule has 24 heavy (non-hydrogen) atoms. The highest BCUT2D eigenvalue weighted by Crippen LogP contribution is 2.35. The van der Waals surface area contributed by atoms with Crippen molar-refractivity contribution in [2.24, 2.45) is 0 Å². The Morgan fingerprint density at radius 2 is 1.96 bits per heavy atom. The highest BCUT2D eigenvalue weighted by atomic mass is 35.5. The summed E-state index contributed by atoms with van der Waals surface area (Å²) >= 11 is 5.91. The van der Waals surface area contributed by atoms with Crippen molar-refractivity contribution in [2.45, 2.75) is 0 Å². The topological polar surface area (TPSA) is 83.3 Å². The van der Waals surface area contributed by atoms with E-state index < -0.39 is 0 Å². The Morgan fingerprint density at radius 3 is 2.58 bits per heavy atom. The van der Waals surface area contributed by atoms with Crippen LogP contribution in [0.1, 0.15) is 5.82 Å². The lowest BCUT2D eigenvalue weighted by Crippen LogP contribution is -2.37. The molecule has 1 fully saturated rings. The summed E-state index contributed by atoms with van der Waals surface area (Å²) < 4.78 is 10.9. The van der Waals surface area contributed by atoms with E-state index in [9.17, 15) is 5.26 Å². The molecule has 1 aromatic heterocycles. The van der Waals surface area contributed by atoms with Crippen molar-refractivity contribution in [3.8, 4) is 11.8 Å². The van der Waals surface area contributed by atoms with Crippen LogP contribution in [0.15, 0.2) is 24.3 Å². The molecular formula is C16H16ClN5O2. The van der Waals surface area contributed by atoms with Gasteiger partial charge in [-0.15, -0.1) is 0 Å². The van der Waals surface area contributed by atoms with Crippen LogP contribution in [0.4, 0.5) is 17.3 Å². The largest absolute Gasteiger partial charge is 0.490 e. The molecule has 0 saturated carbocycles. The van der Waals surface area contributed by atoms with E-state index in [-0.39, 0.29) is 5.82 Å². The summed E-state index contributed by atoms with van der Waals surface area (Å²) in [5.41, 5.74) is 0.785. The summed E-state index contributed by atoms with van der Waals surface area (Å²) in [6.07, 6.45) is 0. The minimum absolute atomic E-state index is 0.0776. The summed E-state index contributed by atoms with van der Waals surface area (Å²) in [7, 11) is 1.56. The minimum atomic E-state index is 0.0776. The second kappa shape index (κ2) is 7.34. The molecule has 7 nitrogen and oxygen atoms in total. The van der Waals surface area contributed by atoms with Crippen LogP contribution >= 0.6 is 11.6 Å². The molecule has 0 atom stereocenters. The van der Waals surface area contributed by atoms with Crippen molar-refractivity contribution in [3.05, 3.63) is 35.1 Å². The maximum Gasteiger partial charge on any atom is 0.236 e. The lowest BCUT2D eigenvalue weighted by molar-refractivity contribution is 0.122. The van der Waals surface area contributed by atoms with Gasteiger partial charge in [0.2, 0.25) is 11.6 Å². The highest BCUT2D eigenvalue weighted by Gasteiger charge is 2.22. The Hall–Kier alpha value is -2.56. The average Bonchev–Trinajstić information content (AvgIpc) is 2.63. The number of hydrogen-bond acceptors (Lipinski definition) is 7. The SMILES string of the molecule is COc1c(Nc2ccc(Cl)cc2)nc(C#N)nc1N1CCOCC1. The number of nitriles is 1. The van der Waals surface area contributed by atoms with Gasteiger partial charge in [0, 0.05) is 23.8 Å². The van der Waals surface area contributed by atoms with E-state index in [1.54, 1.807) is 19.2 Å². The van der Waals surface area contributed by atoms with Gasteiger partial charge in [-0.05, 0) is 24.3 Å². The van der Waals surface area contributed by atoms with Crippen LogP contribution in [-0.2, 0) is 4.74 Å². The molecule has 124 valence electrons. The van der Waals surface area contributed by atoms with Crippen LogP contribution in [0.3, 0.4) is 0 Å². The quantitative estimate of drug-likeness (QED) is 0.911. The molecule has 1 aliphatic rings. The fraction of sp³-hybridized carbons (Fsp3) is 0.312. The van der Waals surface area contributed by atoms with Crippen molar-refractivity contribution in [1.29, 1.82) is 5.26 Å². The maximum absolute atomic E-state index is 9.25. The Bertz CT molecular complexity index is 754. The Balaban J connectivity index is 2.00. The first-order valence-electron chi connectivity index (χ1n) is 7.42. The zero-order valence-corrected chi connectivity index (χ0v) is 13.9. The molecule has 1 N–H and O–H groups in total. The average molecular weight is 346 g/mol. The summed E-state index contributed by atoms with van der Waals surface area (Å²) in [5, 5.41) is 13.0. The number of morpholine rings is 1. The Morgan fingerprint density at radius 1 is 1.25 bits per heavy atom. The minimum Gasteiger partial charge on any atom is -0.490 e. The van der Waals surface area contributed by atoms with E-state index in [0.717, 1.165) is 5.69 Å². The molecule has 1 aromatic carbocycles. The third kappa shape index (κ3) is 3.50. The second-order valence-electron chi connectivity index (χ2n) is 5.10. The number of hydrogen-bond donors (Lipinski definition) is 1. The highest BCUT2D eigenvalue weighted by molar-refractivity contribution is 6.30. The van der Waals surface area contributed by atoms with E-state index in [2.05, 4.69) is 15.3 Å². The number of halogens is 1. The van der Waals surface area contributed by atoms with Crippen molar-refractivity contribution in [1.82, 2.24) is 9.97 Å². The molecule has 8 heteroatoms. The number of ether oxygens (including phenoxy) is 2. The van der Waals surface area contributed by atoms with Gasteiger partial charge in [-0.25, -0.2) is 0 Å². The maximum atomic E-state index is 9.25. The van der Waals surface area contributed by atoms with Crippen LogP contribution in [-0.4, -0.2) is 43.4 Å². The van der Waals surface area contributed by atoms with Crippen LogP contribution in [0.2, 0.25) is 5.02 Å². The molecule has 0 aliphatic carbocycles. The Labute approximate surface area is 144 Å². The number of nitrogens with one attached hydrogen (secondary N) is 1. The van der Waals surface area contributed by atoms with Crippen molar-refractivity contribution in [3.63, 3.8) is 0 Å². The molecule has 3 rings (SSSR count). The van der Waals surface area contributed by atoms with E-state index in [1.165, 1.54) is 0 Å². The van der Waals surface area contributed by atoms with Crippen molar-refractivity contribution in [2.75, 3.05) is 43.6 Å². The molecule has 0 radical (unpaired) electrons. The van der Waals surface area contributed by atoms with Crippen LogP contribution < -0.4 is 15.0 Å². The van der Waals surface area contributed by atoms with Gasteiger partial charge in [0.1, 0.15) is 6.07 Å². The second-order valence-corrected chi connectivity index (χ2v) is 5.53. The summed E-state index contributed by atoms with van der Waals surface area (Å²) in [6, 6.07) is 9.18. The van der Waals surface area contributed by atoms with Crippen LogP contribution in [0.25, 0.3) is 0 Å². The molecule has 2 aromatic rings. The molecule has 0 amide bonds. The summed E-state index contributed by atoms with van der Waals surface area (Å²) in [5.74, 6) is 1.59. The van der Waals surface area contributed by atoms with E-state index in [4.69, 9.17) is 21.1 Å². The molecule has 1 aliphatic heterocycles. The monoisotopic (exact) mass is 345 g/mol.